The highest BCUT2D eigenvalue weighted by atomic mass is 79.9. The molecule has 0 spiro atoms. The number of benzene rings is 1. The lowest BCUT2D eigenvalue weighted by Crippen LogP contribution is -2.46. The van der Waals surface area contributed by atoms with Gasteiger partial charge in [-0.1, -0.05) is 48.3 Å². The second kappa shape index (κ2) is 7.13. The second-order valence-corrected chi connectivity index (χ2v) is 7.06. The lowest BCUT2D eigenvalue weighted by molar-refractivity contribution is -0.138. The van der Waals surface area contributed by atoms with E-state index in [1.165, 1.54) is 0 Å². The van der Waals surface area contributed by atoms with Crippen LogP contribution >= 0.6 is 27.5 Å². The number of carboxylic acids is 1. The van der Waals surface area contributed by atoms with Gasteiger partial charge in [-0.3, -0.25) is 4.79 Å². The van der Waals surface area contributed by atoms with Gasteiger partial charge in [-0.15, -0.1) is 0 Å². The fourth-order valence-corrected chi connectivity index (χ4v) is 2.18. The first-order valence-corrected chi connectivity index (χ1v) is 7.51. The standard InChI is InChI=1S/C14H18BrClN2O3/c1-14(2,3)11(7-12(19)20)18-13(21)17-10-6-8(15)4-5-9(10)16/h4-6,11H,7H2,1-3H3,(H,19,20)(H2,17,18,21). The molecule has 21 heavy (non-hydrogen) atoms. The zero-order valence-corrected chi connectivity index (χ0v) is 14.4. The summed E-state index contributed by atoms with van der Waals surface area (Å²) in [6.45, 7) is 5.60. The maximum atomic E-state index is 12.0. The lowest BCUT2D eigenvalue weighted by Gasteiger charge is -2.30. The molecule has 1 atom stereocenters. The zero-order chi connectivity index (χ0) is 16.2. The molecule has 0 aromatic heterocycles. The molecular weight excluding hydrogens is 360 g/mol. The van der Waals surface area contributed by atoms with E-state index in [1.807, 2.05) is 20.8 Å². The summed E-state index contributed by atoms with van der Waals surface area (Å²) in [5.41, 5.74) is 0.0723. The molecule has 0 aliphatic heterocycles. The topological polar surface area (TPSA) is 78.4 Å². The van der Waals surface area contributed by atoms with Gasteiger partial charge in [0.05, 0.1) is 17.1 Å². The Hall–Kier alpha value is -1.27. The van der Waals surface area contributed by atoms with Gasteiger partial charge in [0, 0.05) is 10.5 Å². The average Bonchev–Trinajstić information content (AvgIpc) is 2.31. The van der Waals surface area contributed by atoms with Gasteiger partial charge < -0.3 is 15.7 Å². The number of urea groups is 1. The van der Waals surface area contributed by atoms with Crippen LogP contribution in [0.3, 0.4) is 0 Å². The van der Waals surface area contributed by atoms with E-state index < -0.39 is 18.0 Å². The summed E-state index contributed by atoms with van der Waals surface area (Å²) in [5, 5.41) is 14.6. The Kier molecular flexibility index (Phi) is 6.04. The number of halogens is 2. The van der Waals surface area contributed by atoms with E-state index in [-0.39, 0.29) is 11.8 Å². The first-order chi connectivity index (χ1) is 9.59. The van der Waals surface area contributed by atoms with Crippen molar-refractivity contribution >= 4 is 45.2 Å². The first-order valence-electron chi connectivity index (χ1n) is 6.34. The normalized spacial score (nSPS) is 12.6. The molecule has 1 unspecified atom stereocenters. The maximum absolute atomic E-state index is 12.0. The Labute approximate surface area is 137 Å². The summed E-state index contributed by atoms with van der Waals surface area (Å²) < 4.78 is 0.778. The van der Waals surface area contributed by atoms with Crippen LogP contribution in [0.1, 0.15) is 27.2 Å². The molecule has 0 saturated heterocycles. The highest BCUT2D eigenvalue weighted by molar-refractivity contribution is 9.10. The van der Waals surface area contributed by atoms with Crippen LogP contribution in [0.5, 0.6) is 0 Å². The van der Waals surface area contributed by atoms with Gasteiger partial charge >= 0.3 is 12.0 Å². The number of amides is 2. The molecule has 0 aliphatic carbocycles. The molecular formula is C14H18BrClN2O3. The van der Waals surface area contributed by atoms with Crippen LogP contribution < -0.4 is 10.6 Å². The van der Waals surface area contributed by atoms with Gasteiger partial charge in [0.25, 0.3) is 0 Å². The monoisotopic (exact) mass is 376 g/mol. The summed E-state index contributed by atoms with van der Waals surface area (Å²) in [4.78, 5) is 22.9. The summed E-state index contributed by atoms with van der Waals surface area (Å²) in [6.07, 6.45) is -0.150. The molecule has 0 saturated carbocycles. The highest BCUT2D eigenvalue weighted by Gasteiger charge is 2.28. The van der Waals surface area contributed by atoms with Gasteiger partial charge in [0.15, 0.2) is 0 Å². The largest absolute Gasteiger partial charge is 0.481 e. The van der Waals surface area contributed by atoms with Crippen molar-refractivity contribution in [1.29, 1.82) is 0 Å². The maximum Gasteiger partial charge on any atom is 0.319 e. The Balaban J connectivity index is 2.78. The molecule has 5 nitrogen and oxygen atoms in total. The smallest absolute Gasteiger partial charge is 0.319 e. The molecule has 1 rings (SSSR count). The van der Waals surface area contributed by atoms with Gasteiger partial charge in [0.1, 0.15) is 0 Å². The Morgan fingerprint density at radius 1 is 1.38 bits per heavy atom. The lowest BCUT2D eigenvalue weighted by atomic mass is 9.85. The predicted molar refractivity (Wildman–Crippen MR) is 86.8 cm³/mol. The molecule has 0 aliphatic rings. The van der Waals surface area contributed by atoms with Crippen LogP contribution in [0, 0.1) is 5.41 Å². The summed E-state index contributed by atoms with van der Waals surface area (Å²) in [5.74, 6) is -0.962. The van der Waals surface area contributed by atoms with Crippen LogP contribution in [-0.2, 0) is 4.79 Å². The van der Waals surface area contributed by atoms with Crippen molar-refractivity contribution < 1.29 is 14.7 Å². The number of carboxylic acid groups (broad SMARTS) is 1. The van der Waals surface area contributed by atoms with Crippen LogP contribution in [0.15, 0.2) is 22.7 Å². The molecule has 1 aromatic rings. The summed E-state index contributed by atoms with van der Waals surface area (Å²) in [7, 11) is 0. The van der Waals surface area contributed by atoms with Crippen LogP contribution in [0.25, 0.3) is 0 Å². The van der Waals surface area contributed by atoms with Crippen molar-refractivity contribution in [3.05, 3.63) is 27.7 Å². The van der Waals surface area contributed by atoms with E-state index in [4.69, 9.17) is 16.7 Å². The highest BCUT2D eigenvalue weighted by Crippen LogP contribution is 2.26. The van der Waals surface area contributed by atoms with E-state index in [0.29, 0.717) is 10.7 Å². The Morgan fingerprint density at radius 3 is 2.52 bits per heavy atom. The summed E-state index contributed by atoms with van der Waals surface area (Å²) >= 11 is 9.29. The van der Waals surface area contributed by atoms with Gasteiger partial charge in [0.2, 0.25) is 0 Å². The molecule has 1 aromatic carbocycles. The number of nitrogens with one attached hydrogen (secondary N) is 2. The third-order valence-corrected chi connectivity index (χ3v) is 3.73. The van der Waals surface area contributed by atoms with Gasteiger partial charge in [-0.25, -0.2) is 4.79 Å². The molecule has 116 valence electrons. The minimum atomic E-state index is -0.962. The van der Waals surface area contributed by atoms with E-state index in [9.17, 15) is 9.59 Å². The van der Waals surface area contributed by atoms with Crippen LogP contribution in [-0.4, -0.2) is 23.1 Å². The first kappa shape index (κ1) is 17.8. The molecule has 0 radical (unpaired) electrons. The van der Waals surface area contributed by atoms with Crippen molar-refractivity contribution in [3.63, 3.8) is 0 Å². The van der Waals surface area contributed by atoms with Crippen molar-refractivity contribution in [2.45, 2.75) is 33.2 Å². The average molecular weight is 378 g/mol. The number of rotatable bonds is 4. The van der Waals surface area contributed by atoms with Crippen molar-refractivity contribution in [2.24, 2.45) is 5.41 Å². The second-order valence-electron chi connectivity index (χ2n) is 5.74. The molecule has 2 amide bonds. The Morgan fingerprint density at radius 2 is 2.00 bits per heavy atom. The van der Waals surface area contributed by atoms with Crippen molar-refractivity contribution in [1.82, 2.24) is 5.32 Å². The quantitative estimate of drug-likeness (QED) is 0.738. The molecule has 3 N–H and O–H groups in total. The Bertz CT molecular complexity index is 544. The third-order valence-electron chi connectivity index (χ3n) is 2.91. The van der Waals surface area contributed by atoms with E-state index in [1.54, 1.807) is 18.2 Å². The summed E-state index contributed by atoms with van der Waals surface area (Å²) in [6, 6.07) is 4.09. The number of hydrogen-bond acceptors (Lipinski definition) is 2. The number of aliphatic carboxylic acids is 1. The van der Waals surface area contributed by atoms with Gasteiger partial charge in [-0.05, 0) is 23.6 Å². The van der Waals surface area contributed by atoms with Gasteiger partial charge in [-0.2, -0.15) is 0 Å². The minimum Gasteiger partial charge on any atom is -0.481 e. The molecule has 0 fully saturated rings. The van der Waals surface area contributed by atoms with E-state index in [2.05, 4.69) is 26.6 Å². The van der Waals surface area contributed by atoms with E-state index >= 15 is 0 Å². The fourth-order valence-electron chi connectivity index (χ4n) is 1.66. The van der Waals surface area contributed by atoms with E-state index in [0.717, 1.165) is 4.47 Å². The molecule has 0 heterocycles. The minimum absolute atomic E-state index is 0.150. The molecule has 0 bridgehead atoms. The number of hydrogen-bond donors (Lipinski definition) is 3. The third kappa shape index (κ3) is 5.93. The van der Waals surface area contributed by atoms with Crippen LogP contribution in [0.2, 0.25) is 5.02 Å². The molecule has 7 heteroatoms. The fraction of sp³-hybridized carbons (Fsp3) is 0.429. The number of carbonyl (C=O) groups excluding carboxylic acids is 1. The van der Waals surface area contributed by atoms with Crippen molar-refractivity contribution in [2.75, 3.05) is 5.32 Å². The number of carbonyl (C=O) groups is 2. The SMILES string of the molecule is CC(C)(C)C(CC(=O)O)NC(=O)Nc1cc(Br)ccc1Cl. The van der Waals surface area contributed by atoms with Crippen molar-refractivity contribution in [3.8, 4) is 0 Å². The predicted octanol–water partition coefficient (Wildman–Crippen LogP) is 4.11. The number of anilines is 1. The zero-order valence-electron chi connectivity index (χ0n) is 12.0. The van der Waals surface area contributed by atoms with Crippen LogP contribution in [0.4, 0.5) is 10.5 Å².